The van der Waals surface area contributed by atoms with Crippen LogP contribution in [0.4, 0.5) is 0 Å². The van der Waals surface area contributed by atoms with E-state index in [2.05, 4.69) is 0 Å². The molecule has 0 bridgehead atoms. The minimum Gasteiger partial charge on any atom is -0.394 e. The molecule has 1 unspecified atom stereocenters. The fraction of sp³-hybridized carbons (Fsp3) is 0.364. The van der Waals surface area contributed by atoms with Crippen LogP contribution in [0.15, 0.2) is 23.1 Å². The Hall–Kier alpha value is -0.840. The Balaban J connectivity index is 2.65. The molecular formula is C11H14O3S. The van der Waals surface area contributed by atoms with Gasteiger partial charge in [0.25, 0.3) is 0 Å². The molecule has 0 fully saturated rings. The van der Waals surface area contributed by atoms with Gasteiger partial charge in [0, 0.05) is 16.2 Å². The van der Waals surface area contributed by atoms with Crippen LogP contribution in [0.3, 0.4) is 0 Å². The lowest BCUT2D eigenvalue weighted by Crippen LogP contribution is -2.14. The van der Waals surface area contributed by atoms with Gasteiger partial charge in [0.05, 0.1) is 12.7 Å². The van der Waals surface area contributed by atoms with E-state index in [4.69, 9.17) is 5.11 Å². The number of aryl methyl sites for hydroxylation is 1. The van der Waals surface area contributed by atoms with Gasteiger partial charge < -0.3 is 10.2 Å². The number of aliphatic hydroxyl groups is 2. The van der Waals surface area contributed by atoms with Crippen molar-refractivity contribution < 1.29 is 15.0 Å². The normalized spacial score (nSPS) is 12.5. The number of hydrogen-bond donors (Lipinski definition) is 2. The Morgan fingerprint density at radius 2 is 2.27 bits per heavy atom. The highest BCUT2D eigenvalue weighted by Gasteiger charge is 2.05. The van der Waals surface area contributed by atoms with Crippen molar-refractivity contribution in [1.82, 2.24) is 0 Å². The summed E-state index contributed by atoms with van der Waals surface area (Å²) in [5.74, 6) is 0.456. The Kier molecular flexibility index (Phi) is 4.81. The van der Waals surface area contributed by atoms with Crippen LogP contribution in [0.5, 0.6) is 0 Å². The summed E-state index contributed by atoms with van der Waals surface area (Å²) in [6, 6.07) is 5.40. The summed E-state index contributed by atoms with van der Waals surface area (Å²) in [7, 11) is 0. The summed E-state index contributed by atoms with van der Waals surface area (Å²) in [5, 5.41) is 17.8. The van der Waals surface area contributed by atoms with Gasteiger partial charge in [-0.25, -0.2) is 0 Å². The summed E-state index contributed by atoms with van der Waals surface area (Å²) >= 11 is 1.47. The number of carbonyl (C=O) groups is 1. The molecule has 3 nitrogen and oxygen atoms in total. The highest BCUT2D eigenvalue weighted by Crippen LogP contribution is 2.23. The Morgan fingerprint density at radius 1 is 1.53 bits per heavy atom. The van der Waals surface area contributed by atoms with Gasteiger partial charge in [0.1, 0.15) is 6.29 Å². The molecule has 0 saturated carbocycles. The Labute approximate surface area is 93.1 Å². The molecule has 1 aromatic rings. The largest absolute Gasteiger partial charge is 0.394 e. The highest BCUT2D eigenvalue weighted by molar-refractivity contribution is 7.99. The van der Waals surface area contributed by atoms with Crippen LogP contribution in [-0.2, 0) is 0 Å². The monoisotopic (exact) mass is 226 g/mol. The van der Waals surface area contributed by atoms with Crippen LogP contribution >= 0.6 is 11.8 Å². The average molecular weight is 226 g/mol. The van der Waals surface area contributed by atoms with Crippen molar-refractivity contribution in [3.8, 4) is 0 Å². The smallest absolute Gasteiger partial charge is 0.150 e. The average Bonchev–Trinajstić information content (AvgIpc) is 2.26. The standard InChI is InChI=1S/C11H14O3S/c1-8-4-9(5-12)2-3-11(8)15-7-10(14)6-13/h2-5,10,13-14H,6-7H2,1H3. The molecule has 0 aliphatic rings. The van der Waals surface area contributed by atoms with Gasteiger partial charge in [-0.2, -0.15) is 0 Å². The minimum absolute atomic E-state index is 0.224. The number of thioether (sulfide) groups is 1. The van der Waals surface area contributed by atoms with Crippen LogP contribution in [0.2, 0.25) is 0 Å². The number of benzene rings is 1. The zero-order valence-corrected chi connectivity index (χ0v) is 9.33. The van der Waals surface area contributed by atoms with E-state index >= 15 is 0 Å². The van der Waals surface area contributed by atoms with E-state index in [-0.39, 0.29) is 6.61 Å². The van der Waals surface area contributed by atoms with Crippen LogP contribution in [0.25, 0.3) is 0 Å². The lowest BCUT2D eigenvalue weighted by molar-refractivity contribution is 0.112. The minimum atomic E-state index is -0.694. The van der Waals surface area contributed by atoms with Crippen molar-refractivity contribution in [2.75, 3.05) is 12.4 Å². The van der Waals surface area contributed by atoms with Crippen molar-refractivity contribution in [3.05, 3.63) is 29.3 Å². The predicted octanol–water partition coefficient (Wildman–Crippen LogP) is 1.25. The maximum absolute atomic E-state index is 10.5. The number of aliphatic hydroxyl groups excluding tert-OH is 2. The number of rotatable bonds is 5. The number of hydrogen-bond acceptors (Lipinski definition) is 4. The summed E-state index contributed by atoms with van der Waals surface area (Å²) in [4.78, 5) is 11.5. The molecule has 0 amide bonds. The van der Waals surface area contributed by atoms with Crippen molar-refractivity contribution in [2.45, 2.75) is 17.9 Å². The van der Waals surface area contributed by atoms with E-state index in [1.807, 2.05) is 13.0 Å². The van der Waals surface area contributed by atoms with Crippen LogP contribution in [-0.4, -0.2) is 35.0 Å². The van der Waals surface area contributed by atoms with Crippen molar-refractivity contribution in [2.24, 2.45) is 0 Å². The maximum atomic E-state index is 10.5. The van der Waals surface area contributed by atoms with Gasteiger partial charge in [0.15, 0.2) is 0 Å². The van der Waals surface area contributed by atoms with E-state index in [0.29, 0.717) is 11.3 Å². The zero-order chi connectivity index (χ0) is 11.3. The van der Waals surface area contributed by atoms with Gasteiger partial charge in [-0.05, 0) is 24.6 Å². The van der Waals surface area contributed by atoms with E-state index in [0.717, 1.165) is 16.7 Å². The molecule has 0 aliphatic carbocycles. The molecule has 1 atom stereocenters. The molecule has 0 aromatic heterocycles. The van der Waals surface area contributed by atoms with E-state index in [1.54, 1.807) is 12.1 Å². The van der Waals surface area contributed by atoms with Crippen LogP contribution in [0.1, 0.15) is 15.9 Å². The van der Waals surface area contributed by atoms with Gasteiger partial charge in [-0.15, -0.1) is 11.8 Å². The summed E-state index contributed by atoms with van der Waals surface area (Å²) < 4.78 is 0. The molecule has 4 heteroatoms. The molecule has 1 aromatic carbocycles. The first-order valence-electron chi connectivity index (χ1n) is 4.65. The van der Waals surface area contributed by atoms with Crippen molar-refractivity contribution in [1.29, 1.82) is 0 Å². The molecule has 1 rings (SSSR count). The third-order valence-corrected chi connectivity index (χ3v) is 3.30. The molecule has 0 aliphatic heterocycles. The molecular weight excluding hydrogens is 212 g/mol. The molecule has 0 radical (unpaired) electrons. The second kappa shape index (κ2) is 5.90. The number of carbonyl (C=O) groups excluding carboxylic acids is 1. The first-order chi connectivity index (χ1) is 7.17. The summed E-state index contributed by atoms with van der Waals surface area (Å²) in [6.07, 6.45) is 0.115. The Bertz CT molecular complexity index is 339. The van der Waals surface area contributed by atoms with Crippen LogP contribution in [0, 0.1) is 6.92 Å². The summed E-state index contributed by atoms with van der Waals surface area (Å²) in [5.41, 5.74) is 1.66. The third kappa shape index (κ3) is 3.66. The zero-order valence-electron chi connectivity index (χ0n) is 8.51. The quantitative estimate of drug-likeness (QED) is 0.586. The van der Waals surface area contributed by atoms with Gasteiger partial charge in [-0.3, -0.25) is 4.79 Å². The topological polar surface area (TPSA) is 57.5 Å². The lowest BCUT2D eigenvalue weighted by Gasteiger charge is -2.08. The second-order valence-corrected chi connectivity index (χ2v) is 4.35. The molecule has 15 heavy (non-hydrogen) atoms. The third-order valence-electron chi connectivity index (χ3n) is 1.98. The highest BCUT2D eigenvalue weighted by atomic mass is 32.2. The molecule has 0 spiro atoms. The van der Waals surface area contributed by atoms with Gasteiger partial charge in [-0.1, -0.05) is 6.07 Å². The van der Waals surface area contributed by atoms with E-state index < -0.39 is 6.10 Å². The molecule has 0 saturated heterocycles. The molecule has 0 heterocycles. The number of aldehydes is 1. The van der Waals surface area contributed by atoms with Gasteiger partial charge in [0.2, 0.25) is 0 Å². The fourth-order valence-corrected chi connectivity index (χ4v) is 2.07. The summed E-state index contributed by atoms with van der Waals surface area (Å²) in [6.45, 7) is 1.69. The molecule has 82 valence electrons. The predicted molar refractivity (Wildman–Crippen MR) is 60.4 cm³/mol. The lowest BCUT2D eigenvalue weighted by atomic mass is 10.2. The first kappa shape index (κ1) is 12.2. The van der Waals surface area contributed by atoms with E-state index in [9.17, 15) is 9.90 Å². The van der Waals surface area contributed by atoms with Gasteiger partial charge >= 0.3 is 0 Å². The van der Waals surface area contributed by atoms with Crippen molar-refractivity contribution >= 4 is 18.0 Å². The van der Waals surface area contributed by atoms with Crippen LogP contribution < -0.4 is 0 Å². The maximum Gasteiger partial charge on any atom is 0.150 e. The fourth-order valence-electron chi connectivity index (χ4n) is 1.15. The molecule has 2 N–H and O–H groups in total. The van der Waals surface area contributed by atoms with E-state index in [1.165, 1.54) is 11.8 Å². The van der Waals surface area contributed by atoms with Crippen molar-refractivity contribution in [3.63, 3.8) is 0 Å². The second-order valence-electron chi connectivity index (χ2n) is 3.29. The Morgan fingerprint density at radius 3 is 2.80 bits per heavy atom. The SMILES string of the molecule is Cc1cc(C=O)ccc1SCC(O)CO. The first-order valence-corrected chi connectivity index (χ1v) is 5.63.